The Morgan fingerprint density at radius 3 is 2.93 bits per heavy atom. The third-order valence-electron chi connectivity index (χ3n) is 4.66. The first kappa shape index (κ1) is 17.5. The minimum atomic E-state index is -0.916. The van der Waals surface area contributed by atoms with E-state index in [1.165, 1.54) is 0 Å². The predicted molar refractivity (Wildman–Crippen MR) is 105 cm³/mol. The fourth-order valence-corrected chi connectivity index (χ4v) is 3.77. The van der Waals surface area contributed by atoms with Crippen molar-refractivity contribution >= 4 is 33.5 Å². The van der Waals surface area contributed by atoms with Crippen LogP contribution >= 0.6 is 15.9 Å². The summed E-state index contributed by atoms with van der Waals surface area (Å²) in [5.41, 5.74) is 5.03. The van der Waals surface area contributed by atoms with Crippen molar-refractivity contribution in [3.63, 3.8) is 0 Å². The second-order valence-corrected chi connectivity index (χ2v) is 7.24. The number of nitrogens with zero attached hydrogens (tertiary/aromatic N) is 2. The molecule has 0 unspecified atom stereocenters. The lowest BCUT2D eigenvalue weighted by Gasteiger charge is -2.17. The highest BCUT2D eigenvalue weighted by Crippen LogP contribution is 2.36. The Hall–Kier alpha value is -2.87. The summed E-state index contributed by atoms with van der Waals surface area (Å²) < 4.78 is 6.30. The Labute approximate surface area is 163 Å². The number of hydrogen-bond donors (Lipinski definition) is 3. The van der Waals surface area contributed by atoms with Crippen molar-refractivity contribution in [2.24, 2.45) is 0 Å². The highest BCUT2D eigenvalue weighted by Gasteiger charge is 2.27. The molecule has 4 rings (SSSR count). The van der Waals surface area contributed by atoms with Crippen LogP contribution in [0.5, 0.6) is 5.75 Å². The van der Waals surface area contributed by atoms with Crippen LogP contribution in [0.1, 0.15) is 27.2 Å². The number of aryl methyl sites for hydroxylation is 2. The molecule has 1 aliphatic rings. The fourth-order valence-electron chi connectivity index (χ4n) is 3.43. The van der Waals surface area contributed by atoms with E-state index in [9.17, 15) is 9.90 Å². The van der Waals surface area contributed by atoms with Gasteiger partial charge in [0.15, 0.2) is 0 Å². The SMILES string of the molecule is COc1cc(Br)ccc1Nc1ncc2c(n1)-c1[nH]c(C)c(C(=O)O)c1CC2. The summed E-state index contributed by atoms with van der Waals surface area (Å²) in [6.45, 7) is 1.77. The summed E-state index contributed by atoms with van der Waals surface area (Å²) >= 11 is 3.42. The quantitative estimate of drug-likeness (QED) is 0.578. The number of fused-ring (bicyclic) bond motifs is 3. The predicted octanol–water partition coefficient (Wildman–Crippen LogP) is 4.09. The van der Waals surface area contributed by atoms with Gasteiger partial charge in [0.1, 0.15) is 5.75 Å². The number of carboxylic acids is 1. The van der Waals surface area contributed by atoms with Gasteiger partial charge >= 0.3 is 5.97 Å². The summed E-state index contributed by atoms with van der Waals surface area (Å²) in [5.74, 6) is 0.169. The number of hydrogen-bond acceptors (Lipinski definition) is 5. The van der Waals surface area contributed by atoms with Crippen LogP contribution in [-0.2, 0) is 12.8 Å². The zero-order chi connectivity index (χ0) is 19.1. The van der Waals surface area contributed by atoms with E-state index in [-0.39, 0.29) is 0 Å². The number of H-pyrrole nitrogens is 1. The number of nitrogens with one attached hydrogen (secondary N) is 2. The van der Waals surface area contributed by atoms with Crippen LogP contribution in [0.2, 0.25) is 0 Å². The van der Waals surface area contributed by atoms with E-state index in [2.05, 4.69) is 36.2 Å². The van der Waals surface area contributed by atoms with Crippen LogP contribution in [0.4, 0.5) is 11.6 Å². The zero-order valence-electron chi connectivity index (χ0n) is 14.8. The normalized spacial score (nSPS) is 12.3. The number of carboxylic acid groups (broad SMARTS) is 1. The third kappa shape index (κ3) is 3.06. The van der Waals surface area contributed by atoms with Crippen LogP contribution in [0.15, 0.2) is 28.9 Å². The average molecular weight is 429 g/mol. The van der Waals surface area contributed by atoms with E-state index in [1.807, 2.05) is 18.2 Å². The molecule has 0 atom stereocenters. The molecule has 3 aromatic rings. The minimum absolute atomic E-state index is 0.346. The molecule has 1 aliphatic carbocycles. The lowest BCUT2D eigenvalue weighted by Crippen LogP contribution is -2.10. The van der Waals surface area contributed by atoms with Gasteiger partial charge in [-0.05, 0) is 49.1 Å². The first-order valence-corrected chi connectivity index (χ1v) is 9.18. The average Bonchev–Trinajstić information content (AvgIpc) is 2.99. The summed E-state index contributed by atoms with van der Waals surface area (Å²) in [5, 5.41) is 12.7. The van der Waals surface area contributed by atoms with E-state index in [1.54, 1.807) is 20.2 Å². The van der Waals surface area contributed by atoms with Crippen LogP contribution in [-0.4, -0.2) is 33.1 Å². The number of methoxy groups -OCH3 is 1. The topological polar surface area (TPSA) is 100 Å². The second-order valence-electron chi connectivity index (χ2n) is 6.32. The fraction of sp³-hybridized carbons (Fsp3) is 0.211. The second kappa shape index (κ2) is 6.70. The molecule has 0 spiro atoms. The molecule has 2 aromatic heterocycles. The van der Waals surface area contributed by atoms with Crippen molar-refractivity contribution < 1.29 is 14.6 Å². The van der Waals surface area contributed by atoms with Gasteiger partial charge in [0, 0.05) is 16.4 Å². The van der Waals surface area contributed by atoms with E-state index in [4.69, 9.17) is 4.74 Å². The smallest absolute Gasteiger partial charge is 0.337 e. The third-order valence-corrected chi connectivity index (χ3v) is 5.15. The summed E-state index contributed by atoms with van der Waals surface area (Å²) in [7, 11) is 1.60. The highest BCUT2D eigenvalue weighted by atomic mass is 79.9. The molecule has 7 nitrogen and oxygen atoms in total. The van der Waals surface area contributed by atoms with Gasteiger partial charge in [-0.1, -0.05) is 15.9 Å². The number of carbonyl (C=O) groups is 1. The molecule has 0 saturated carbocycles. The van der Waals surface area contributed by atoms with Crippen molar-refractivity contribution in [1.82, 2.24) is 15.0 Å². The molecule has 0 fully saturated rings. The summed E-state index contributed by atoms with van der Waals surface area (Å²) in [6.07, 6.45) is 3.16. The van der Waals surface area contributed by atoms with Gasteiger partial charge in [0.25, 0.3) is 0 Å². The number of ether oxygens (including phenoxy) is 1. The van der Waals surface area contributed by atoms with Crippen LogP contribution < -0.4 is 10.1 Å². The molecule has 138 valence electrons. The van der Waals surface area contributed by atoms with Gasteiger partial charge in [0.05, 0.1) is 29.7 Å². The largest absolute Gasteiger partial charge is 0.495 e. The van der Waals surface area contributed by atoms with Gasteiger partial charge in [-0.25, -0.2) is 14.8 Å². The van der Waals surface area contributed by atoms with Crippen molar-refractivity contribution in [2.75, 3.05) is 12.4 Å². The number of rotatable bonds is 4. The van der Waals surface area contributed by atoms with Gasteiger partial charge < -0.3 is 20.1 Å². The molecule has 0 radical (unpaired) electrons. The first-order chi connectivity index (χ1) is 13.0. The Kier molecular flexibility index (Phi) is 4.35. The van der Waals surface area contributed by atoms with Crippen LogP contribution in [0, 0.1) is 6.92 Å². The van der Waals surface area contributed by atoms with Crippen LogP contribution in [0.25, 0.3) is 11.4 Å². The summed E-state index contributed by atoms with van der Waals surface area (Å²) in [6, 6.07) is 5.62. The zero-order valence-corrected chi connectivity index (χ0v) is 16.3. The van der Waals surface area contributed by atoms with Gasteiger partial charge in [-0.2, -0.15) is 0 Å². The number of aromatic carboxylic acids is 1. The maximum absolute atomic E-state index is 11.6. The van der Waals surface area contributed by atoms with E-state index >= 15 is 0 Å². The lowest BCUT2D eigenvalue weighted by atomic mass is 9.92. The molecule has 0 bridgehead atoms. The number of benzene rings is 1. The monoisotopic (exact) mass is 428 g/mol. The van der Waals surface area contributed by atoms with Gasteiger partial charge in [-0.15, -0.1) is 0 Å². The van der Waals surface area contributed by atoms with E-state index < -0.39 is 5.97 Å². The highest BCUT2D eigenvalue weighted by molar-refractivity contribution is 9.10. The molecule has 8 heteroatoms. The van der Waals surface area contributed by atoms with Gasteiger partial charge in [-0.3, -0.25) is 0 Å². The van der Waals surface area contributed by atoms with Crippen molar-refractivity contribution in [3.05, 3.63) is 51.3 Å². The molecule has 0 amide bonds. The van der Waals surface area contributed by atoms with E-state index in [0.717, 1.165) is 32.7 Å². The minimum Gasteiger partial charge on any atom is -0.495 e. The van der Waals surface area contributed by atoms with Crippen molar-refractivity contribution in [2.45, 2.75) is 19.8 Å². The molecular weight excluding hydrogens is 412 g/mol. The molecule has 1 aromatic carbocycles. The van der Waals surface area contributed by atoms with E-state index in [0.29, 0.717) is 35.8 Å². The Morgan fingerprint density at radius 2 is 2.19 bits per heavy atom. The number of halogens is 1. The molecular formula is C19H17BrN4O3. The molecule has 0 saturated heterocycles. The standard InChI is InChI=1S/C19H17BrN4O3/c1-9-15(18(25)26)12-5-3-10-8-21-19(24-16(10)17(12)22-9)23-13-6-4-11(20)7-14(13)27-2/h4,6-8,22H,3,5H2,1-2H3,(H,25,26)(H,21,23,24). The maximum Gasteiger partial charge on any atom is 0.337 e. The molecule has 3 N–H and O–H groups in total. The molecule has 0 aliphatic heterocycles. The van der Waals surface area contributed by atoms with Crippen LogP contribution in [0.3, 0.4) is 0 Å². The van der Waals surface area contributed by atoms with Crippen molar-refractivity contribution in [3.8, 4) is 17.1 Å². The number of aromatic amines is 1. The molecule has 2 heterocycles. The lowest BCUT2D eigenvalue weighted by molar-refractivity contribution is 0.0695. The Bertz CT molecular complexity index is 1060. The number of aromatic nitrogens is 3. The Morgan fingerprint density at radius 1 is 1.37 bits per heavy atom. The molecule has 27 heavy (non-hydrogen) atoms. The van der Waals surface area contributed by atoms with Gasteiger partial charge in [0.2, 0.25) is 5.95 Å². The number of anilines is 2. The summed E-state index contributed by atoms with van der Waals surface area (Å²) in [4.78, 5) is 23.8. The first-order valence-electron chi connectivity index (χ1n) is 8.39. The maximum atomic E-state index is 11.6. The Balaban J connectivity index is 1.75. The van der Waals surface area contributed by atoms with Crippen molar-refractivity contribution in [1.29, 1.82) is 0 Å².